The number of hydrogen-bond donors (Lipinski definition) is 0. The van der Waals surface area contributed by atoms with E-state index < -0.39 is 11.9 Å². The van der Waals surface area contributed by atoms with Crippen LogP contribution in [0.25, 0.3) is 0 Å². The first kappa shape index (κ1) is 21.7. The van der Waals surface area contributed by atoms with Crippen molar-refractivity contribution in [1.82, 2.24) is 0 Å². The van der Waals surface area contributed by atoms with Crippen LogP contribution in [0.2, 0.25) is 0 Å². The van der Waals surface area contributed by atoms with Crippen molar-refractivity contribution in [1.29, 1.82) is 0 Å². The summed E-state index contributed by atoms with van der Waals surface area (Å²) in [5.74, 6) is 0.114. The molecule has 158 valence electrons. The predicted molar refractivity (Wildman–Crippen MR) is 118 cm³/mol. The van der Waals surface area contributed by atoms with Gasteiger partial charge >= 0.3 is 11.9 Å². The summed E-state index contributed by atoms with van der Waals surface area (Å²) in [6.07, 6.45) is 3.03. The molecular formula is C24H22N2O5. The molecule has 0 aliphatic rings. The van der Waals surface area contributed by atoms with Crippen LogP contribution in [0.5, 0.6) is 0 Å². The third-order valence-corrected chi connectivity index (χ3v) is 4.11. The lowest BCUT2D eigenvalue weighted by Gasteiger charge is -2.04. The van der Waals surface area contributed by atoms with E-state index in [4.69, 9.17) is 13.9 Å². The van der Waals surface area contributed by atoms with E-state index in [1.807, 2.05) is 0 Å². The Balaban J connectivity index is 1.75. The lowest BCUT2D eigenvalue weighted by atomic mass is 10.2. The summed E-state index contributed by atoms with van der Waals surface area (Å²) < 4.78 is 15.8. The Morgan fingerprint density at radius 1 is 0.742 bits per heavy atom. The van der Waals surface area contributed by atoms with Crippen molar-refractivity contribution in [3.05, 3.63) is 83.3 Å². The average Bonchev–Trinajstić information content (AvgIpc) is 3.25. The highest BCUT2D eigenvalue weighted by molar-refractivity contribution is 5.97. The Bertz CT molecular complexity index is 1030. The first-order valence-electron chi connectivity index (χ1n) is 9.82. The van der Waals surface area contributed by atoms with Crippen LogP contribution in [0.4, 0.5) is 11.4 Å². The van der Waals surface area contributed by atoms with Crippen LogP contribution in [-0.2, 0) is 9.47 Å². The summed E-state index contributed by atoms with van der Waals surface area (Å²) in [4.78, 5) is 32.8. The Morgan fingerprint density at radius 3 is 1.58 bits per heavy atom. The van der Waals surface area contributed by atoms with Crippen molar-refractivity contribution in [2.45, 2.75) is 13.8 Å². The number of furan rings is 1. The van der Waals surface area contributed by atoms with E-state index in [0.29, 0.717) is 34.0 Å². The van der Waals surface area contributed by atoms with Gasteiger partial charge in [0.15, 0.2) is 0 Å². The number of rotatable bonds is 8. The molecule has 3 rings (SSSR count). The fraction of sp³-hybridized carbons (Fsp3) is 0.167. The van der Waals surface area contributed by atoms with Crippen LogP contribution >= 0.6 is 0 Å². The molecule has 0 aliphatic carbocycles. The lowest BCUT2D eigenvalue weighted by Crippen LogP contribution is -2.04. The van der Waals surface area contributed by atoms with Gasteiger partial charge in [-0.25, -0.2) is 9.59 Å². The largest absolute Gasteiger partial charge is 0.462 e. The molecule has 7 nitrogen and oxygen atoms in total. The summed E-state index contributed by atoms with van der Waals surface area (Å²) >= 11 is 0. The number of carbonyl (C=O) groups is 2. The van der Waals surface area contributed by atoms with E-state index in [1.165, 1.54) is 12.4 Å². The minimum Gasteiger partial charge on any atom is -0.462 e. The maximum Gasteiger partial charge on any atom is 0.340 e. The predicted octanol–water partition coefficient (Wildman–Crippen LogP) is 5.13. The van der Waals surface area contributed by atoms with Gasteiger partial charge < -0.3 is 13.9 Å². The minimum atomic E-state index is -0.428. The molecule has 0 spiro atoms. The summed E-state index contributed by atoms with van der Waals surface area (Å²) in [7, 11) is 0. The second-order valence-electron chi connectivity index (χ2n) is 6.23. The Hall–Kier alpha value is -4.00. The van der Waals surface area contributed by atoms with Crippen LogP contribution in [0.1, 0.15) is 46.1 Å². The number of benzene rings is 2. The Kier molecular flexibility index (Phi) is 7.48. The molecule has 7 heteroatoms. The van der Waals surface area contributed by atoms with E-state index in [9.17, 15) is 9.59 Å². The number of esters is 2. The maximum atomic E-state index is 12.0. The zero-order valence-corrected chi connectivity index (χ0v) is 17.3. The maximum absolute atomic E-state index is 12.0. The molecule has 0 amide bonds. The zero-order chi connectivity index (χ0) is 22.1. The first-order chi connectivity index (χ1) is 15.1. The van der Waals surface area contributed by atoms with Crippen molar-refractivity contribution in [2.24, 2.45) is 9.98 Å². The monoisotopic (exact) mass is 418 g/mol. The number of nitrogens with zero attached hydrogens (tertiary/aromatic N) is 2. The molecular weight excluding hydrogens is 396 g/mol. The van der Waals surface area contributed by atoms with Gasteiger partial charge in [-0.1, -0.05) is 24.3 Å². The minimum absolute atomic E-state index is 0.289. The first-order valence-corrected chi connectivity index (χ1v) is 9.82. The van der Waals surface area contributed by atoms with Crippen LogP contribution in [0, 0.1) is 0 Å². The second kappa shape index (κ2) is 10.7. The molecule has 0 fully saturated rings. The Labute approximate surface area is 180 Å². The highest BCUT2D eigenvalue weighted by Gasteiger charge is 2.12. The quantitative estimate of drug-likeness (QED) is 0.373. The van der Waals surface area contributed by atoms with Crippen molar-refractivity contribution >= 4 is 35.7 Å². The van der Waals surface area contributed by atoms with E-state index >= 15 is 0 Å². The summed E-state index contributed by atoms with van der Waals surface area (Å²) in [5, 5.41) is 0. The van der Waals surface area contributed by atoms with Gasteiger partial charge in [0.1, 0.15) is 11.5 Å². The molecule has 0 saturated carbocycles. The standard InChI is InChI=1S/C24H22N2O5/c1-3-29-23(27)19-9-5-7-11-21(19)25-15-17-13-14-18(31-17)16-26-22-12-8-6-10-20(22)24(28)30-4-2/h5-16H,3-4H2,1-2H3. The topological polar surface area (TPSA) is 90.5 Å². The lowest BCUT2D eigenvalue weighted by molar-refractivity contribution is 0.0517. The van der Waals surface area contributed by atoms with Crippen molar-refractivity contribution in [2.75, 3.05) is 13.2 Å². The van der Waals surface area contributed by atoms with Crippen LogP contribution in [0.15, 0.2) is 75.1 Å². The normalized spacial score (nSPS) is 11.2. The number of para-hydroxylation sites is 2. The van der Waals surface area contributed by atoms with E-state index in [2.05, 4.69) is 9.98 Å². The number of carbonyl (C=O) groups excluding carboxylic acids is 2. The zero-order valence-electron chi connectivity index (χ0n) is 17.3. The molecule has 0 N–H and O–H groups in total. The third kappa shape index (κ3) is 5.76. The van der Waals surface area contributed by atoms with Crippen molar-refractivity contribution < 1.29 is 23.5 Å². The van der Waals surface area contributed by atoms with Gasteiger partial charge in [0, 0.05) is 0 Å². The van der Waals surface area contributed by atoms with Gasteiger partial charge in [-0.2, -0.15) is 0 Å². The number of ether oxygens (including phenoxy) is 2. The Morgan fingerprint density at radius 2 is 1.16 bits per heavy atom. The smallest absolute Gasteiger partial charge is 0.340 e. The van der Waals surface area contributed by atoms with Gasteiger partial charge in [-0.05, 0) is 50.2 Å². The molecule has 1 heterocycles. The van der Waals surface area contributed by atoms with E-state index in [0.717, 1.165) is 0 Å². The van der Waals surface area contributed by atoms with E-state index in [-0.39, 0.29) is 13.2 Å². The molecule has 0 unspecified atom stereocenters. The average molecular weight is 418 g/mol. The highest BCUT2D eigenvalue weighted by Crippen LogP contribution is 2.21. The second-order valence-corrected chi connectivity index (χ2v) is 6.23. The molecule has 31 heavy (non-hydrogen) atoms. The van der Waals surface area contributed by atoms with Crippen LogP contribution < -0.4 is 0 Å². The third-order valence-electron chi connectivity index (χ3n) is 4.11. The number of hydrogen-bond acceptors (Lipinski definition) is 7. The molecule has 1 aromatic heterocycles. The van der Waals surface area contributed by atoms with Crippen molar-refractivity contribution in [3.63, 3.8) is 0 Å². The molecule has 3 aromatic rings. The van der Waals surface area contributed by atoms with Gasteiger partial charge in [0.25, 0.3) is 0 Å². The SMILES string of the molecule is CCOC(=O)c1ccccc1N=Cc1ccc(C=Nc2ccccc2C(=O)OCC)o1. The van der Waals surface area contributed by atoms with Gasteiger partial charge in [-0.3, -0.25) is 9.98 Å². The molecule has 0 saturated heterocycles. The fourth-order valence-corrected chi connectivity index (χ4v) is 2.71. The van der Waals surface area contributed by atoms with Gasteiger partial charge in [0.05, 0.1) is 48.1 Å². The molecule has 0 radical (unpaired) electrons. The van der Waals surface area contributed by atoms with E-state index in [1.54, 1.807) is 74.5 Å². The highest BCUT2D eigenvalue weighted by atomic mass is 16.5. The summed E-state index contributed by atoms with van der Waals surface area (Å²) in [5.41, 5.74) is 1.72. The molecule has 2 aromatic carbocycles. The fourth-order valence-electron chi connectivity index (χ4n) is 2.71. The van der Waals surface area contributed by atoms with Gasteiger partial charge in [0.2, 0.25) is 0 Å². The van der Waals surface area contributed by atoms with Crippen molar-refractivity contribution in [3.8, 4) is 0 Å². The molecule has 0 atom stereocenters. The van der Waals surface area contributed by atoms with Crippen LogP contribution in [-0.4, -0.2) is 37.6 Å². The van der Waals surface area contributed by atoms with Gasteiger partial charge in [-0.15, -0.1) is 0 Å². The summed E-state index contributed by atoms with van der Waals surface area (Å²) in [6.45, 7) is 4.08. The molecule has 0 aliphatic heterocycles. The summed E-state index contributed by atoms with van der Waals surface area (Å²) in [6, 6.07) is 17.3. The molecule has 0 bridgehead atoms. The number of aliphatic imine (C=N–C) groups is 2. The van der Waals surface area contributed by atoms with Crippen LogP contribution in [0.3, 0.4) is 0 Å².